The van der Waals surface area contributed by atoms with Crippen molar-refractivity contribution in [2.75, 3.05) is 13.9 Å². The number of sulfonamides is 1. The van der Waals surface area contributed by atoms with Crippen molar-refractivity contribution in [1.82, 2.24) is 24.5 Å². The van der Waals surface area contributed by atoms with Crippen LogP contribution in [0.4, 0.5) is 0 Å². The second-order valence-corrected chi connectivity index (χ2v) is 9.99. The van der Waals surface area contributed by atoms with Gasteiger partial charge in [0.1, 0.15) is 17.8 Å². The third-order valence-electron chi connectivity index (χ3n) is 5.49. The Labute approximate surface area is 206 Å². The molecule has 0 atom stereocenters. The van der Waals surface area contributed by atoms with E-state index in [9.17, 15) is 8.42 Å². The van der Waals surface area contributed by atoms with Crippen LogP contribution in [0.25, 0.3) is 5.69 Å². The van der Waals surface area contributed by atoms with Crippen LogP contribution in [0.5, 0.6) is 17.2 Å². The first kappa shape index (κ1) is 23.1. The van der Waals surface area contributed by atoms with Gasteiger partial charge in [0, 0.05) is 24.2 Å². The summed E-state index contributed by atoms with van der Waals surface area (Å²) in [7, 11) is -2.53. The highest BCUT2D eigenvalue weighted by Gasteiger charge is 2.28. The normalized spacial score (nSPS) is 12.8. The van der Waals surface area contributed by atoms with E-state index in [0.717, 1.165) is 5.56 Å². The van der Waals surface area contributed by atoms with Gasteiger partial charge >= 0.3 is 0 Å². The van der Waals surface area contributed by atoms with E-state index in [4.69, 9.17) is 25.8 Å². The number of hydrogen-bond donors (Lipinski definition) is 0. The topological polar surface area (TPSA) is 109 Å². The molecule has 0 fully saturated rings. The van der Waals surface area contributed by atoms with Crippen LogP contribution in [0.1, 0.15) is 11.1 Å². The number of hydrogen-bond acceptors (Lipinski definition) is 8. The largest absolute Gasteiger partial charge is 0.494 e. The van der Waals surface area contributed by atoms with Crippen LogP contribution in [-0.2, 0) is 23.1 Å². The van der Waals surface area contributed by atoms with Gasteiger partial charge in [-0.1, -0.05) is 35.9 Å². The lowest BCUT2D eigenvalue weighted by Crippen LogP contribution is -2.30. The molecule has 2 heterocycles. The quantitative estimate of drug-likeness (QED) is 0.352. The van der Waals surface area contributed by atoms with E-state index < -0.39 is 10.0 Å². The Morgan fingerprint density at radius 1 is 1.06 bits per heavy atom. The van der Waals surface area contributed by atoms with Gasteiger partial charge in [0.05, 0.1) is 12.0 Å². The highest BCUT2D eigenvalue weighted by atomic mass is 35.5. The molecule has 5 rings (SSSR count). The number of fused-ring (bicyclic) bond motifs is 1. The van der Waals surface area contributed by atoms with Gasteiger partial charge in [-0.2, -0.15) is 8.99 Å². The van der Waals surface area contributed by atoms with Gasteiger partial charge in [0.2, 0.25) is 16.8 Å². The second-order valence-electron chi connectivity index (χ2n) is 7.64. The minimum atomic E-state index is -3.98. The molecule has 1 aromatic heterocycles. The van der Waals surface area contributed by atoms with Gasteiger partial charge in [-0.05, 0) is 51.9 Å². The van der Waals surface area contributed by atoms with Crippen molar-refractivity contribution in [2.24, 2.45) is 0 Å². The first-order valence-corrected chi connectivity index (χ1v) is 12.3. The molecule has 0 amide bonds. The van der Waals surface area contributed by atoms with Gasteiger partial charge in [-0.15, -0.1) is 5.10 Å². The van der Waals surface area contributed by atoms with Crippen LogP contribution in [0.2, 0.25) is 5.02 Å². The molecule has 1 aliphatic heterocycles. The number of nitrogens with zero attached hydrogens (tertiary/aromatic N) is 5. The van der Waals surface area contributed by atoms with Crippen molar-refractivity contribution in [1.29, 1.82) is 0 Å². The molecule has 0 radical (unpaired) electrons. The number of tetrazole rings is 1. The lowest BCUT2D eigenvalue weighted by Gasteiger charge is -2.24. The zero-order valence-corrected chi connectivity index (χ0v) is 20.1. The summed E-state index contributed by atoms with van der Waals surface area (Å²) < 4.78 is 46.8. The molecule has 0 unspecified atom stereocenters. The molecule has 0 N–H and O–H groups in total. The maximum Gasteiger partial charge on any atom is 0.243 e. The van der Waals surface area contributed by atoms with Crippen LogP contribution in [-0.4, -0.2) is 46.8 Å². The predicted octanol–water partition coefficient (Wildman–Crippen LogP) is 3.44. The zero-order valence-electron chi connectivity index (χ0n) is 18.5. The summed E-state index contributed by atoms with van der Waals surface area (Å²) in [4.78, 5) is 0.0546. The standard InChI is InChI=1S/C23H20ClN5O5S/c1-32-22-11-18(7-8-20(22)29-14-25-26-27-29)35(30,31)28(13-17-4-2-3-5-19(17)24)12-16-6-9-21-23(10-16)34-15-33-21/h2-11,14H,12-13,15H2,1H3. The molecule has 180 valence electrons. The average Bonchev–Trinajstić information content (AvgIpc) is 3.56. The Balaban J connectivity index is 1.53. The average molecular weight is 514 g/mol. The summed E-state index contributed by atoms with van der Waals surface area (Å²) in [6.07, 6.45) is 1.40. The van der Waals surface area contributed by atoms with Crippen molar-refractivity contribution in [3.8, 4) is 22.9 Å². The fourth-order valence-electron chi connectivity index (χ4n) is 3.71. The smallest absolute Gasteiger partial charge is 0.243 e. The van der Waals surface area contributed by atoms with E-state index in [2.05, 4.69) is 15.5 Å². The molecule has 0 spiro atoms. The minimum Gasteiger partial charge on any atom is -0.494 e. The molecule has 10 nitrogen and oxygen atoms in total. The summed E-state index contributed by atoms with van der Waals surface area (Å²) in [5.74, 6) is 1.50. The molecule has 3 aromatic carbocycles. The SMILES string of the molecule is COc1cc(S(=O)(=O)N(Cc2ccc3c(c2)OCO3)Cc2ccccc2Cl)ccc1-n1cnnn1. The van der Waals surface area contributed by atoms with E-state index in [1.807, 2.05) is 12.1 Å². The maximum atomic E-state index is 13.9. The van der Waals surface area contributed by atoms with Gasteiger partial charge in [0.25, 0.3) is 0 Å². The van der Waals surface area contributed by atoms with Crippen molar-refractivity contribution >= 4 is 21.6 Å². The highest BCUT2D eigenvalue weighted by Crippen LogP contribution is 2.34. The number of aromatic nitrogens is 4. The number of ether oxygens (including phenoxy) is 3. The summed E-state index contributed by atoms with van der Waals surface area (Å²) in [6.45, 7) is 0.280. The number of halogens is 1. The summed E-state index contributed by atoms with van der Waals surface area (Å²) in [6, 6.07) is 17.0. The lowest BCUT2D eigenvalue weighted by atomic mass is 10.2. The predicted molar refractivity (Wildman–Crippen MR) is 126 cm³/mol. The molecular formula is C23H20ClN5O5S. The molecular weight excluding hydrogens is 494 g/mol. The Morgan fingerprint density at radius 3 is 2.66 bits per heavy atom. The molecule has 0 saturated carbocycles. The molecule has 12 heteroatoms. The fraction of sp³-hybridized carbons (Fsp3) is 0.174. The molecule has 0 bridgehead atoms. The first-order chi connectivity index (χ1) is 17.0. The van der Waals surface area contributed by atoms with Gasteiger partial charge in [-0.3, -0.25) is 0 Å². The van der Waals surface area contributed by atoms with E-state index in [1.165, 1.54) is 34.6 Å². The van der Waals surface area contributed by atoms with Crippen LogP contribution in [0.15, 0.2) is 71.9 Å². The van der Waals surface area contributed by atoms with Crippen molar-refractivity contribution in [3.63, 3.8) is 0 Å². The fourth-order valence-corrected chi connectivity index (χ4v) is 5.33. The van der Waals surface area contributed by atoms with Crippen molar-refractivity contribution < 1.29 is 22.6 Å². The zero-order chi connectivity index (χ0) is 24.4. The third-order valence-corrected chi connectivity index (χ3v) is 7.64. The molecule has 1 aliphatic rings. The van der Waals surface area contributed by atoms with Crippen molar-refractivity contribution in [3.05, 3.63) is 83.1 Å². The first-order valence-electron chi connectivity index (χ1n) is 10.5. The maximum absolute atomic E-state index is 13.9. The Bertz CT molecular complexity index is 1460. The van der Waals surface area contributed by atoms with Crippen LogP contribution in [0.3, 0.4) is 0 Å². The molecule has 0 aliphatic carbocycles. The van der Waals surface area contributed by atoms with Gasteiger partial charge < -0.3 is 14.2 Å². The number of methoxy groups -OCH3 is 1. The number of benzene rings is 3. The van der Waals surface area contributed by atoms with Gasteiger partial charge in [0.15, 0.2) is 11.5 Å². The van der Waals surface area contributed by atoms with E-state index in [0.29, 0.717) is 33.5 Å². The van der Waals surface area contributed by atoms with E-state index in [-0.39, 0.29) is 24.8 Å². The minimum absolute atomic E-state index is 0.0546. The molecule has 0 saturated heterocycles. The monoisotopic (exact) mass is 513 g/mol. The third kappa shape index (κ3) is 4.65. The highest BCUT2D eigenvalue weighted by molar-refractivity contribution is 7.89. The van der Waals surface area contributed by atoms with Crippen LogP contribution in [0, 0.1) is 0 Å². The molecule has 35 heavy (non-hydrogen) atoms. The summed E-state index contributed by atoms with van der Waals surface area (Å²) in [5, 5.41) is 11.6. The second kappa shape index (κ2) is 9.53. The Hall–Kier alpha value is -3.67. The van der Waals surface area contributed by atoms with Crippen LogP contribution >= 0.6 is 11.6 Å². The summed E-state index contributed by atoms with van der Waals surface area (Å²) in [5.41, 5.74) is 1.92. The van der Waals surface area contributed by atoms with Crippen LogP contribution < -0.4 is 14.2 Å². The van der Waals surface area contributed by atoms with Crippen molar-refractivity contribution in [2.45, 2.75) is 18.0 Å². The van der Waals surface area contributed by atoms with Gasteiger partial charge in [-0.25, -0.2) is 8.42 Å². The number of rotatable bonds is 8. The van der Waals surface area contributed by atoms with E-state index >= 15 is 0 Å². The Kier molecular flexibility index (Phi) is 6.29. The summed E-state index contributed by atoms with van der Waals surface area (Å²) >= 11 is 6.37. The lowest BCUT2D eigenvalue weighted by molar-refractivity contribution is 0.174. The molecule has 4 aromatic rings. The van der Waals surface area contributed by atoms with E-state index in [1.54, 1.807) is 36.4 Å². The Morgan fingerprint density at radius 2 is 1.89 bits per heavy atom.